The van der Waals surface area contributed by atoms with Crippen LogP contribution in [0.15, 0.2) is 0 Å². The number of aliphatic carboxylic acids is 1. The predicted molar refractivity (Wildman–Crippen MR) is 62.6 cm³/mol. The first-order valence-corrected chi connectivity index (χ1v) is 6.66. The summed E-state index contributed by atoms with van der Waals surface area (Å²) in [5, 5.41) is 11.1. The van der Waals surface area contributed by atoms with Gasteiger partial charge in [-0.3, -0.25) is 9.00 Å². The van der Waals surface area contributed by atoms with Crippen LogP contribution in [0, 0.1) is 5.92 Å². The summed E-state index contributed by atoms with van der Waals surface area (Å²) in [6.45, 7) is 5.27. The van der Waals surface area contributed by atoms with Crippen molar-refractivity contribution in [3.63, 3.8) is 0 Å². The van der Waals surface area contributed by atoms with Crippen LogP contribution in [0.25, 0.3) is 0 Å². The third-order valence-corrected chi connectivity index (χ3v) is 3.35. The Morgan fingerprint density at radius 3 is 2.31 bits per heavy atom. The third kappa shape index (κ3) is 7.39. The first-order valence-electron chi connectivity index (χ1n) is 5.17. The lowest BCUT2D eigenvalue weighted by molar-refractivity contribution is -0.140. The van der Waals surface area contributed by atoms with E-state index >= 15 is 0 Å². The standard InChI is InChI=1S/C10H19NO4S/c1-7(2)4-5-16(15)6-9(10(13)14)11-8(3)12/h7,9H,4-6H2,1-3H3,(H,11,12)(H,13,14). The number of nitrogens with one attached hydrogen (secondary N) is 1. The Hall–Kier alpha value is -0.910. The fourth-order valence-electron chi connectivity index (χ4n) is 1.06. The third-order valence-electron chi connectivity index (χ3n) is 1.95. The number of carbonyl (C=O) groups excluding carboxylic acids is 1. The molecule has 16 heavy (non-hydrogen) atoms. The summed E-state index contributed by atoms with van der Waals surface area (Å²) in [4.78, 5) is 21.5. The number of carboxylic acid groups (broad SMARTS) is 1. The average Bonchev–Trinajstić information content (AvgIpc) is 2.12. The van der Waals surface area contributed by atoms with E-state index in [1.807, 2.05) is 13.8 Å². The van der Waals surface area contributed by atoms with Crippen molar-refractivity contribution in [2.75, 3.05) is 11.5 Å². The van der Waals surface area contributed by atoms with E-state index < -0.39 is 28.7 Å². The minimum atomic E-state index is -1.20. The van der Waals surface area contributed by atoms with E-state index in [1.54, 1.807) is 0 Å². The molecule has 0 saturated heterocycles. The van der Waals surface area contributed by atoms with Gasteiger partial charge in [-0.25, -0.2) is 4.79 Å². The summed E-state index contributed by atoms with van der Waals surface area (Å²) in [7, 11) is -1.20. The molecule has 0 aliphatic rings. The molecule has 0 aromatic carbocycles. The zero-order chi connectivity index (χ0) is 12.7. The number of hydrogen-bond donors (Lipinski definition) is 2. The Morgan fingerprint density at radius 2 is 1.94 bits per heavy atom. The van der Waals surface area contributed by atoms with E-state index in [4.69, 9.17) is 5.11 Å². The molecule has 0 saturated carbocycles. The molecule has 6 heteroatoms. The highest BCUT2D eigenvalue weighted by Crippen LogP contribution is 2.02. The maximum Gasteiger partial charge on any atom is 0.327 e. The Labute approximate surface area is 98.1 Å². The van der Waals surface area contributed by atoms with Crippen molar-refractivity contribution in [1.29, 1.82) is 0 Å². The molecule has 0 fully saturated rings. The highest BCUT2D eigenvalue weighted by molar-refractivity contribution is 7.85. The second-order valence-corrected chi connectivity index (χ2v) is 5.71. The summed E-state index contributed by atoms with van der Waals surface area (Å²) in [6.07, 6.45) is 0.791. The number of carboxylic acids is 1. The van der Waals surface area contributed by atoms with Crippen LogP contribution in [-0.2, 0) is 20.4 Å². The zero-order valence-corrected chi connectivity index (χ0v) is 10.7. The van der Waals surface area contributed by atoms with Gasteiger partial charge in [0, 0.05) is 23.5 Å². The van der Waals surface area contributed by atoms with Gasteiger partial charge in [-0.2, -0.15) is 0 Å². The van der Waals surface area contributed by atoms with E-state index in [0.717, 1.165) is 6.42 Å². The topological polar surface area (TPSA) is 83.5 Å². The molecule has 5 nitrogen and oxygen atoms in total. The zero-order valence-electron chi connectivity index (χ0n) is 9.86. The molecule has 0 aliphatic heterocycles. The molecule has 0 aromatic rings. The fourth-order valence-corrected chi connectivity index (χ4v) is 2.56. The van der Waals surface area contributed by atoms with E-state index in [-0.39, 0.29) is 5.75 Å². The quantitative estimate of drug-likeness (QED) is 0.683. The van der Waals surface area contributed by atoms with Gasteiger partial charge in [-0.05, 0) is 12.3 Å². The van der Waals surface area contributed by atoms with E-state index in [2.05, 4.69) is 5.32 Å². The van der Waals surface area contributed by atoms with Gasteiger partial charge in [0.15, 0.2) is 0 Å². The number of carbonyl (C=O) groups is 2. The lowest BCUT2D eigenvalue weighted by Crippen LogP contribution is -2.43. The minimum absolute atomic E-state index is 0.0262. The van der Waals surface area contributed by atoms with Gasteiger partial charge in [-0.15, -0.1) is 0 Å². The van der Waals surface area contributed by atoms with Crippen molar-refractivity contribution in [2.45, 2.75) is 33.2 Å². The minimum Gasteiger partial charge on any atom is -0.480 e. The van der Waals surface area contributed by atoms with Gasteiger partial charge in [0.05, 0.1) is 5.75 Å². The van der Waals surface area contributed by atoms with E-state index in [1.165, 1.54) is 6.92 Å². The van der Waals surface area contributed by atoms with Crippen LogP contribution in [0.2, 0.25) is 0 Å². The fraction of sp³-hybridized carbons (Fsp3) is 0.800. The molecule has 2 unspecified atom stereocenters. The van der Waals surface area contributed by atoms with Crippen molar-refractivity contribution >= 4 is 22.7 Å². The molecule has 0 rings (SSSR count). The normalized spacial score (nSPS) is 14.5. The van der Waals surface area contributed by atoms with Crippen molar-refractivity contribution in [1.82, 2.24) is 5.32 Å². The molecule has 0 bridgehead atoms. The predicted octanol–water partition coefficient (Wildman–Crippen LogP) is 0.370. The van der Waals surface area contributed by atoms with Gasteiger partial charge < -0.3 is 10.4 Å². The highest BCUT2D eigenvalue weighted by atomic mass is 32.2. The number of hydrogen-bond acceptors (Lipinski definition) is 3. The van der Waals surface area contributed by atoms with Crippen LogP contribution < -0.4 is 5.32 Å². The van der Waals surface area contributed by atoms with Crippen molar-refractivity contribution < 1.29 is 18.9 Å². The molecule has 2 atom stereocenters. The van der Waals surface area contributed by atoms with Crippen LogP contribution in [0.3, 0.4) is 0 Å². The SMILES string of the molecule is CC(=O)NC(CS(=O)CCC(C)C)C(=O)O. The Morgan fingerprint density at radius 1 is 1.38 bits per heavy atom. The Bertz CT molecular complexity index is 278. The van der Waals surface area contributed by atoms with Gasteiger partial charge in [-0.1, -0.05) is 13.8 Å². The van der Waals surface area contributed by atoms with Gasteiger partial charge in [0.2, 0.25) is 5.91 Å². The highest BCUT2D eigenvalue weighted by Gasteiger charge is 2.21. The number of amides is 1. The summed E-state index contributed by atoms with van der Waals surface area (Å²) >= 11 is 0. The summed E-state index contributed by atoms with van der Waals surface area (Å²) in [6, 6.07) is -1.05. The molecule has 0 aromatic heterocycles. The van der Waals surface area contributed by atoms with Gasteiger partial charge in [0.25, 0.3) is 0 Å². The average molecular weight is 249 g/mol. The first-order chi connectivity index (χ1) is 7.32. The summed E-state index contributed by atoms with van der Waals surface area (Å²) in [5.41, 5.74) is 0. The molecule has 0 radical (unpaired) electrons. The lowest BCUT2D eigenvalue weighted by Gasteiger charge is -2.13. The smallest absolute Gasteiger partial charge is 0.327 e. The van der Waals surface area contributed by atoms with Gasteiger partial charge in [0.1, 0.15) is 6.04 Å². The molecule has 2 N–H and O–H groups in total. The second kappa shape index (κ2) is 7.38. The van der Waals surface area contributed by atoms with Crippen molar-refractivity contribution in [2.24, 2.45) is 5.92 Å². The molecular weight excluding hydrogens is 230 g/mol. The maximum atomic E-state index is 11.5. The molecule has 1 amide bonds. The van der Waals surface area contributed by atoms with E-state index in [0.29, 0.717) is 11.7 Å². The molecular formula is C10H19NO4S. The lowest BCUT2D eigenvalue weighted by atomic mass is 10.2. The molecule has 0 spiro atoms. The number of rotatable bonds is 7. The molecule has 0 heterocycles. The summed E-state index contributed by atoms with van der Waals surface area (Å²) in [5.74, 6) is -0.683. The van der Waals surface area contributed by atoms with E-state index in [9.17, 15) is 13.8 Å². The first kappa shape index (κ1) is 15.1. The molecule has 0 aliphatic carbocycles. The van der Waals surface area contributed by atoms with Crippen LogP contribution in [0.4, 0.5) is 0 Å². The van der Waals surface area contributed by atoms with Crippen LogP contribution >= 0.6 is 0 Å². The molecule has 94 valence electrons. The van der Waals surface area contributed by atoms with Crippen LogP contribution in [0.1, 0.15) is 27.2 Å². The largest absolute Gasteiger partial charge is 0.480 e. The monoisotopic (exact) mass is 249 g/mol. The summed E-state index contributed by atoms with van der Waals surface area (Å²) < 4.78 is 11.5. The Kier molecular flexibility index (Phi) is 6.96. The maximum absolute atomic E-state index is 11.5. The van der Waals surface area contributed by atoms with Crippen LogP contribution in [-0.4, -0.2) is 38.7 Å². The Balaban J connectivity index is 4.13. The van der Waals surface area contributed by atoms with Crippen molar-refractivity contribution in [3.05, 3.63) is 0 Å². The van der Waals surface area contributed by atoms with Crippen molar-refractivity contribution in [3.8, 4) is 0 Å². The second-order valence-electron chi connectivity index (χ2n) is 4.08. The van der Waals surface area contributed by atoms with Gasteiger partial charge >= 0.3 is 5.97 Å². The van der Waals surface area contributed by atoms with Crippen LogP contribution in [0.5, 0.6) is 0 Å².